The minimum absolute atomic E-state index is 0.179. The van der Waals surface area contributed by atoms with Gasteiger partial charge < -0.3 is 9.55 Å². The largest absolute Gasteiger partial charge is 0.330 e. The number of aryl methyl sites for hydroxylation is 1. The lowest BCUT2D eigenvalue weighted by atomic mass is 9.87. The van der Waals surface area contributed by atoms with Crippen molar-refractivity contribution >= 4 is 23.3 Å². The smallest absolute Gasteiger partial charge is 0.178 e. The first-order valence-electron chi connectivity index (χ1n) is 6.80. The molecule has 0 amide bonds. The molecule has 1 aliphatic carbocycles. The first kappa shape index (κ1) is 12.9. The molecule has 4 heteroatoms. The number of nitrogens with zero attached hydrogens (tertiary/aromatic N) is 1. The van der Waals surface area contributed by atoms with Gasteiger partial charge in [0.1, 0.15) is 5.82 Å². The Hall–Kier alpha value is -1.16. The van der Waals surface area contributed by atoms with Crippen molar-refractivity contribution in [3.63, 3.8) is 0 Å². The zero-order valence-corrected chi connectivity index (χ0v) is 12.4. The molecular weight excluding hydrogens is 259 g/mol. The van der Waals surface area contributed by atoms with Crippen LogP contribution in [0.1, 0.15) is 44.7 Å². The van der Waals surface area contributed by atoms with Gasteiger partial charge in [-0.2, -0.15) is 0 Å². The third-order valence-electron chi connectivity index (χ3n) is 4.51. The molecule has 2 nitrogen and oxygen atoms in total. The predicted octanol–water partition coefficient (Wildman–Crippen LogP) is 4.90. The number of aromatic amines is 1. The van der Waals surface area contributed by atoms with Gasteiger partial charge in [-0.15, -0.1) is 0 Å². The van der Waals surface area contributed by atoms with Gasteiger partial charge in [0.15, 0.2) is 4.77 Å². The van der Waals surface area contributed by atoms with E-state index in [1.807, 2.05) is 6.07 Å². The third kappa shape index (κ3) is 1.93. The molecule has 102 valence electrons. The van der Waals surface area contributed by atoms with Crippen LogP contribution in [0.3, 0.4) is 0 Å². The van der Waals surface area contributed by atoms with Gasteiger partial charge in [0.2, 0.25) is 0 Å². The van der Waals surface area contributed by atoms with E-state index >= 15 is 0 Å². The Morgan fingerprint density at radius 3 is 2.79 bits per heavy atom. The average molecular weight is 278 g/mol. The Kier molecular flexibility index (Phi) is 2.82. The number of imidazole rings is 1. The molecule has 19 heavy (non-hydrogen) atoms. The third-order valence-corrected chi connectivity index (χ3v) is 4.81. The fraction of sp³-hybridized carbons (Fsp3) is 0.533. The summed E-state index contributed by atoms with van der Waals surface area (Å²) in [6.45, 7) is 6.39. The molecule has 1 aliphatic rings. The minimum Gasteiger partial charge on any atom is -0.330 e. The molecular formula is C15H19FN2S. The van der Waals surface area contributed by atoms with Gasteiger partial charge in [-0.3, -0.25) is 0 Å². The van der Waals surface area contributed by atoms with Crippen LogP contribution in [0.5, 0.6) is 0 Å². The summed E-state index contributed by atoms with van der Waals surface area (Å²) in [5, 5.41) is 0. The van der Waals surface area contributed by atoms with Crippen LogP contribution in [-0.4, -0.2) is 9.55 Å². The molecule has 2 aromatic rings. The number of aromatic nitrogens is 2. The van der Waals surface area contributed by atoms with E-state index in [2.05, 4.69) is 23.4 Å². The van der Waals surface area contributed by atoms with Gasteiger partial charge in [-0.05, 0) is 55.1 Å². The lowest BCUT2D eigenvalue weighted by molar-refractivity contribution is 0.264. The normalized spacial score (nSPS) is 22.2. The van der Waals surface area contributed by atoms with Crippen molar-refractivity contribution in [2.75, 3.05) is 0 Å². The van der Waals surface area contributed by atoms with E-state index < -0.39 is 0 Å². The van der Waals surface area contributed by atoms with Gasteiger partial charge in [0.25, 0.3) is 0 Å². The molecule has 1 saturated carbocycles. The average Bonchev–Trinajstić information content (AvgIpc) is 2.79. The highest BCUT2D eigenvalue weighted by molar-refractivity contribution is 7.71. The van der Waals surface area contributed by atoms with Crippen LogP contribution in [0.4, 0.5) is 4.39 Å². The van der Waals surface area contributed by atoms with Crippen molar-refractivity contribution in [2.24, 2.45) is 5.41 Å². The highest BCUT2D eigenvalue weighted by atomic mass is 32.1. The highest BCUT2D eigenvalue weighted by Crippen LogP contribution is 2.47. The fourth-order valence-corrected chi connectivity index (χ4v) is 3.68. The van der Waals surface area contributed by atoms with E-state index in [1.54, 1.807) is 13.0 Å². The lowest BCUT2D eigenvalue weighted by Crippen LogP contribution is -2.21. The van der Waals surface area contributed by atoms with Gasteiger partial charge in [0, 0.05) is 6.04 Å². The monoisotopic (exact) mass is 278 g/mol. The van der Waals surface area contributed by atoms with Crippen LogP contribution in [0.15, 0.2) is 12.1 Å². The molecule has 1 atom stereocenters. The van der Waals surface area contributed by atoms with E-state index in [9.17, 15) is 4.39 Å². The van der Waals surface area contributed by atoms with Crippen LogP contribution in [0.2, 0.25) is 0 Å². The maximum absolute atomic E-state index is 13.7. The Morgan fingerprint density at radius 2 is 2.16 bits per heavy atom. The van der Waals surface area contributed by atoms with Crippen molar-refractivity contribution in [3.05, 3.63) is 28.3 Å². The van der Waals surface area contributed by atoms with E-state index in [4.69, 9.17) is 12.2 Å². The SMILES string of the molecule is Cc1cc2c(cc1F)[nH]c(=S)n2C1CCCC1(C)C. The second-order valence-corrected chi connectivity index (χ2v) is 6.70. The predicted molar refractivity (Wildman–Crippen MR) is 78.5 cm³/mol. The second-order valence-electron chi connectivity index (χ2n) is 6.32. The summed E-state index contributed by atoms with van der Waals surface area (Å²) in [5.74, 6) is -0.179. The van der Waals surface area contributed by atoms with Crippen LogP contribution < -0.4 is 0 Å². The highest BCUT2D eigenvalue weighted by Gasteiger charge is 2.36. The molecule has 0 spiro atoms. The van der Waals surface area contributed by atoms with E-state index in [-0.39, 0.29) is 11.2 Å². The van der Waals surface area contributed by atoms with Crippen molar-refractivity contribution in [3.8, 4) is 0 Å². The van der Waals surface area contributed by atoms with Gasteiger partial charge in [-0.25, -0.2) is 4.39 Å². The van der Waals surface area contributed by atoms with Gasteiger partial charge in [-0.1, -0.05) is 20.3 Å². The molecule has 0 aliphatic heterocycles. The van der Waals surface area contributed by atoms with Crippen molar-refractivity contribution in [1.82, 2.24) is 9.55 Å². The summed E-state index contributed by atoms with van der Waals surface area (Å²) in [6.07, 6.45) is 3.59. The van der Waals surface area contributed by atoms with E-state index in [0.717, 1.165) is 17.5 Å². The fourth-order valence-electron chi connectivity index (χ4n) is 3.35. The van der Waals surface area contributed by atoms with Crippen LogP contribution in [-0.2, 0) is 0 Å². The van der Waals surface area contributed by atoms with Crippen LogP contribution in [0, 0.1) is 22.9 Å². The molecule has 3 rings (SSSR count). The molecule has 1 aromatic carbocycles. The minimum atomic E-state index is -0.179. The quantitative estimate of drug-likeness (QED) is 0.736. The van der Waals surface area contributed by atoms with Crippen molar-refractivity contribution < 1.29 is 4.39 Å². The molecule has 1 heterocycles. The second kappa shape index (κ2) is 4.17. The Labute approximate surface area is 117 Å². The molecule has 1 N–H and O–H groups in total. The van der Waals surface area contributed by atoms with Crippen LogP contribution >= 0.6 is 12.2 Å². The summed E-state index contributed by atoms with van der Waals surface area (Å²) in [4.78, 5) is 3.15. The molecule has 0 bridgehead atoms. The maximum atomic E-state index is 13.7. The zero-order chi connectivity index (χ0) is 13.8. The first-order chi connectivity index (χ1) is 8.90. The molecule has 1 aromatic heterocycles. The number of benzene rings is 1. The summed E-state index contributed by atoms with van der Waals surface area (Å²) in [6, 6.07) is 3.86. The lowest BCUT2D eigenvalue weighted by Gasteiger charge is -2.28. The zero-order valence-electron chi connectivity index (χ0n) is 11.6. The number of rotatable bonds is 1. The Morgan fingerprint density at radius 1 is 1.42 bits per heavy atom. The summed E-state index contributed by atoms with van der Waals surface area (Å²) >= 11 is 5.46. The summed E-state index contributed by atoms with van der Waals surface area (Å²) in [7, 11) is 0. The molecule has 0 saturated heterocycles. The Balaban J connectivity index is 2.26. The van der Waals surface area contributed by atoms with E-state index in [1.165, 1.54) is 12.8 Å². The summed E-state index contributed by atoms with van der Waals surface area (Å²) in [5.41, 5.74) is 2.75. The summed E-state index contributed by atoms with van der Waals surface area (Å²) < 4.78 is 16.6. The number of halogens is 1. The molecule has 0 radical (unpaired) electrons. The standard InChI is InChI=1S/C15H19FN2S/c1-9-7-12-11(8-10(9)16)17-14(19)18(12)13-5-4-6-15(13,2)3/h7-8,13H,4-6H2,1-3H3,(H,17,19). The van der Waals surface area contributed by atoms with Gasteiger partial charge >= 0.3 is 0 Å². The topological polar surface area (TPSA) is 20.7 Å². The van der Waals surface area contributed by atoms with Gasteiger partial charge in [0.05, 0.1) is 11.0 Å². The molecule has 1 fully saturated rings. The number of H-pyrrole nitrogens is 1. The van der Waals surface area contributed by atoms with Crippen LogP contribution in [0.25, 0.3) is 11.0 Å². The maximum Gasteiger partial charge on any atom is 0.178 e. The number of hydrogen-bond acceptors (Lipinski definition) is 1. The molecule has 1 unspecified atom stereocenters. The van der Waals surface area contributed by atoms with E-state index in [0.29, 0.717) is 16.4 Å². The van der Waals surface area contributed by atoms with Crippen molar-refractivity contribution in [2.45, 2.75) is 46.1 Å². The first-order valence-corrected chi connectivity index (χ1v) is 7.21. The number of nitrogens with one attached hydrogen (secondary N) is 1. The number of fused-ring (bicyclic) bond motifs is 1. The van der Waals surface area contributed by atoms with Crippen molar-refractivity contribution in [1.29, 1.82) is 0 Å². The Bertz CT molecular complexity index is 696. The number of hydrogen-bond donors (Lipinski definition) is 1.